The van der Waals surface area contributed by atoms with Gasteiger partial charge in [-0.15, -0.1) is 0 Å². The van der Waals surface area contributed by atoms with E-state index in [1.807, 2.05) is 6.07 Å². The molecule has 0 radical (unpaired) electrons. The zero-order valence-electron chi connectivity index (χ0n) is 17.1. The maximum Gasteiger partial charge on any atom is 0.220 e. The molecule has 1 N–H and O–H groups in total. The number of carbonyl (C=O) groups excluding carboxylic acids is 1. The molecule has 0 atom stereocenters. The molecule has 1 fully saturated rings. The van der Waals surface area contributed by atoms with Crippen molar-refractivity contribution in [1.29, 1.82) is 0 Å². The molecule has 0 aromatic heterocycles. The number of rotatable bonds is 9. The van der Waals surface area contributed by atoms with Crippen LogP contribution in [0.15, 0.2) is 54.6 Å². The molecular weight excluding hydrogens is 346 g/mol. The first kappa shape index (κ1) is 20.6. The lowest BCUT2D eigenvalue weighted by Gasteiger charge is -2.34. The van der Waals surface area contributed by atoms with Gasteiger partial charge in [0.25, 0.3) is 0 Å². The first-order valence-corrected chi connectivity index (χ1v) is 10.6. The van der Waals surface area contributed by atoms with Crippen molar-refractivity contribution in [2.75, 3.05) is 32.7 Å². The summed E-state index contributed by atoms with van der Waals surface area (Å²) in [6.07, 6.45) is 2.42. The van der Waals surface area contributed by atoms with Crippen LogP contribution in [0.3, 0.4) is 0 Å². The third-order valence-electron chi connectivity index (χ3n) is 5.61. The van der Waals surface area contributed by atoms with E-state index in [4.69, 9.17) is 0 Å². The highest BCUT2D eigenvalue weighted by Crippen LogP contribution is 2.14. The maximum atomic E-state index is 12.3. The summed E-state index contributed by atoms with van der Waals surface area (Å²) in [6, 6.07) is 18.9. The fourth-order valence-corrected chi connectivity index (χ4v) is 3.77. The van der Waals surface area contributed by atoms with Gasteiger partial charge in [-0.2, -0.15) is 0 Å². The van der Waals surface area contributed by atoms with Crippen LogP contribution in [-0.2, 0) is 24.3 Å². The lowest BCUT2D eigenvalue weighted by atomic mass is 10.1. The van der Waals surface area contributed by atoms with Gasteiger partial charge >= 0.3 is 0 Å². The van der Waals surface area contributed by atoms with E-state index in [2.05, 4.69) is 70.6 Å². The summed E-state index contributed by atoms with van der Waals surface area (Å²) < 4.78 is 0. The van der Waals surface area contributed by atoms with E-state index < -0.39 is 0 Å². The Hall–Kier alpha value is -2.17. The normalized spacial score (nSPS) is 15.5. The van der Waals surface area contributed by atoms with Gasteiger partial charge in [0.15, 0.2) is 0 Å². The van der Waals surface area contributed by atoms with E-state index in [1.165, 1.54) is 16.7 Å². The number of hydrogen-bond donors (Lipinski definition) is 1. The van der Waals surface area contributed by atoms with Crippen LogP contribution in [0, 0.1) is 0 Å². The van der Waals surface area contributed by atoms with E-state index in [0.717, 1.165) is 52.1 Å². The highest BCUT2D eigenvalue weighted by molar-refractivity contribution is 5.75. The minimum atomic E-state index is 0.141. The molecule has 1 aliphatic heterocycles. The quantitative estimate of drug-likeness (QED) is 0.725. The summed E-state index contributed by atoms with van der Waals surface area (Å²) in [5, 5.41) is 3.11. The first-order chi connectivity index (χ1) is 13.7. The second kappa shape index (κ2) is 11.0. The Labute approximate surface area is 169 Å². The largest absolute Gasteiger partial charge is 0.352 e. The van der Waals surface area contributed by atoms with E-state index in [1.54, 1.807) is 0 Å². The fourth-order valence-electron chi connectivity index (χ4n) is 3.77. The van der Waals surface area contributed by atoms with Crippen LogP contribution >= 0.6 is 0 Å². The summed E-state index contributed by atoms with van der Waals surface area (Å²) in [4.78, 5) is 17.3. The van der Waals surface area contributed by atoms with Crippen LogP contribution in [0.1, 0.15) is 36.5 Å². The number of hydrogen-bond acceptors (Lipinski definition) is 3. The van der Waals surface area contributed by atoms with Crippen LogP contribution < -0.4 is 5.32 Å². The van der Waals surface area contributed by atoms with Crippen LogP contribution in [0.5, 0.6) is 0 Å². The lowest BCUT2D eigenvalue weighted by molar-refractivity contribution is -0.121. The van der Waals surface area contributed by atoms with Crippen molar-refractivity contribution in [1.82, 2.24) is 15.1 Å². The topological polar surface area (TPSA) is 35.6 Å². The molecule has 1 heterocycles. The van der Waals surface area contributed by atoms with Gasteiger partial charge in [-0.1, -0.05) is 61.5 Å². The van der Waals surface area contributed by atoms with E-state index in [-0.39, 0.29) is 5.91 Å². The van der Waals surface area contributed by atoms with Gasteiger partial charge in [0, 0.05) is 45.7 Å². The van der Waals surface area contributed by atoms with Crippen molar-refractivity contribution in [2.24, 2.45) is 0 Å². The predicted octanol–water partition coefficient (Wildman–Crippen LogP) is 3.46. The predicted molar refractivity (Wildman–Crippen MR) is 115 cm³/mol. The van der Waals surface area contributed by atoms with E-state index >= 15 is 0 Å². The van der Waals surface area contributed by atoms with Crippen LogP contribution in [0.2, 0.25) is 0 Å². The van der Waals surface area contributed by atoms with Crippen molar-refractivity contribution in [3.05, 3.63) is 71.3 Å². The number of nitrogens with one attached hydrogen (secondary N) is 1. The Morgan fingerprint density at radius 1 is 0.893 bits per heavy atom. The van der Waals surface area contributed by atoms with Crippen molar-refractivity contribution in [3.8, 4) is 0 Å². The number of benzene rings is 2. The third kappa shape index (κ3) is 6.47. The number of amides is 1. The molecule has 3 rings (SSSR count). The summed E-state index contributed by atoms with van der Waals surface area (Å²) in [7, 11) is 0. The number of likely N-dealkylation sites (N-methyl/N-ethyl adjacent to an activating group) is 1. The number of nitrogens with zero attached hydrogens (tertiary/aromatic N) is 2. The smallest absolute Gasteiger partial charge is 0.220 e. The molecule has 4 nitrogen and oxygen atoms in total. The van der Waals surface area contributed by atoms with Crippen LogP contribution in [-0.4, -0.2) is 48.4 Å². The molecule has 1 saturated heterocycles. The zero-order valence-corrected chi connectivity index (χ0v) is 17.1. The van der Waals surface area contributed by atoms with Gasteiger partial charge in [0.2, 0.25) is 5.91 Å². The van der Waals surface area contributed by atoms with Crippen LogP contribution in [0.4, 0.5) is 0 Å². The molecule has 0 saturated carbocycles. The maximum absolute atomic E-state index is 12.3. The molecule has 1 amide bonds. The SMILES string of the molecule is CCN1CCN(Cc2ccccc2CNC(=O)CCCc2ccccc2)CC1. The average molecular weight is 380 g/mol. The Morgan fingerprint density at radius 3 is 2.25 bits per heavy atom. The van der Waals surface area contributed by atoms with Gasteiger partial charge in [-0.05, 0) is 36.1 Å². The van der Waals surface area contributed by atoms with Crippen molar-refractivity contribution >= 4 is 5.91 Å². The van der Waals surface area contributed by atoms with E-state index in [0.29, 0.717) is 13.0 Å². The summed E-state index contributed by atoms with van der Waals surface area (Å²) in [6.45, 7) is 9.50. The Bertz CT molecular complexity index is 724. The summed E-state index contributed by atoms with van der Waals surface area (Å²) in [5.41, 5.74) is 3.86. The van der Waals surface area contributed by atoms with Gasteiger partial charge < -0.3 is 10.2 Å². The molecule has 150 valence electrons. The van der Waals surface area contributed by atoms with Gasteiger partial charge in [0.1, 0.15) is 0 Å². The molecule has 1 aliphatic rings. The van der Waals surface area contributed by atoms with Gasteiger partial charge in [-0.25, -0.2) is 0 Å². The third-order valence-corrected chi connectivity index (χ3v) is 5.61. The minimum Gasteiger partial charge on any atom is -0.352 e. The van der Waals surface area contributed by atoms with Crippen molar-refractivity contribution in [2.45, 2.75) is 39.3 Å². The highest BCUT2D eigenvalue weighted by atomic mass is 16.1. The van der Waals surface area contributed by atoms with Crippen molar-refractivity contribution < 1.29 is 4.79 Å². The first-order valence-electron chi connectivity index (χ1n) is 10.6. The molecule has 2 aromatic rings. The van der Waals surface area contributed by atoms with Gasteiger partial charge in [0.05, 0.1) is 0 Å². The Kier molecular flexibility index (Phi) is 8.07. The molecule has 0 unspecified atom stereocenters. The molecule has 0 aliphatic carbocycles. The number of carbonyl (C=O) groups is 1. The Morgan fingerprint density at radius 2 is 1.54 bits per heavy atom. The number of aryl methyl sites for hydroxylation is 1. The van der Waals surface area contributed by atoms with Crippen molar-refractivity contribution in [3.63, 3.8) is 0 Å². The minimum absolute atomic E-state index is 0.141. The monoisotopic (exact) mass is 379 g/mol. The second-order valence-electron chi connectivity index (χ2n) is 7.60. The zero-order chi connectivity index (χ0) is 19.6. The molecule has 28 heavy (non-hydrogen) atoms. The second-order valence-corrected chi connectivity index (χ2v) is 7.60. The molecule has 0 spiro atoms. The Balaban J connectivity index is 1.43. The molecule has 4 heteroatoms. The number of piperazine rings is 1. The standard InChI is InChI=1S/C24H33N3O/c1-2-26-15-17-27(18-16-26)20-23-13-7-6-12-22(23)19-25-24(28)14-8-11-21-9-4-3-5-10-21/h3-7,9-10,12-13H,2,8,11,14-20H2,1H3,(H,25,28). The lowest BCUT2D eigenvalue weighted by Crippen LogP contribution is -2.45. The van der Waals surface area contributed by atoms with Gasteiger partial charge in [-0.3, -0.25) is 9.69 Å². The average Bonchev–Trinajstić information content (AvgIpc) is 2.74. The fraction of sp³-hybridized carbons (Fsp3) is 0.458. The van der Waals surface area contributed by atoms with E-state index in [9.17, 15) is 4.79 Å². The summed E-state index contributed by atoms with van der Waals surface area (Å²) in [5.74, 6) is 0.141. The molecule has 2 aromatic carbocycles. The highest BCUT2D eigenvalue weighted by Gasteiger charge is 2.16. The molecule has 0 bridgehead atoms. The van der Waals surface area contributed by atoms with Crippen LogP contribution in [0.25, 0.3) is 0 Å². The summed E-state index contributed by atoms with van der Waals surface area (Å²) >= 11 is 0. The molecular formula is C24H33N3O.